The van der Waals surface area contributed by atoms with Gasteiger partial charge in [0.1, 0.15) is 0 Å². The first kappa shape index (κ1) is 15.7. The number of benzene rings is 2. The number of nitrogens with zero attached hydrogens (tertiary/aromatic N) is 2. The fraction of sp³-hybridized carbons (Fsp3) is 0.304. The van der Waals surface area contributed by atoms with Crippen molar-refractivity contribution in [2.24, 2.45) is 0 Å². The van der Waals surface area contributed by atoms with E-state index in [1.54, 1.807) is 0 Å². The van der Waals surface area contributed by atoms with Gasteiger partial charge in [-0.3, -0.25) is 0 Å². The molecule has 0 amide bonds. The van der Waals surface area contributed by atoms with Gasteiger partial charge in [0.05, 0.1) is 6.04 Å². The molecule has 2 aliphatic heterocycles. The summed E-state index contributed by atoms with van der Waals surface area (Å²) in [5, 5.41) is 3.82. The monoisotopic (exact) mass is 343 g/mol. The lowest BCUT2D eigenvalue weighted by atomic mass is 9.93. The lowest BCUT2D eigenvalue weighted by molar-refractivity contribution is 0.346. The lowest BCUT2D eigenvalue weighted by Gasteiger charge is -2.43. The van der Waals surface area contributed by atoms with Crippen LogP contribution in [0.2, 0.25) is 0 Å². The second-order valence-electron chi connectivity index (χ2n) is 7.41. The van der Waals surface area contributed by atoms with Crippen molar-refractivity contribution in [3.05, 3.63) is 89.7 Å². The molecule has 1 fully saturated rings. The van der Waals surface area contributed by atoms with Crippen LogP contribution in [-0.2, 0) is 13.0 Å². The minimum Gasteiger partial charge on any atom is -0.360 e. The highest BCUT2D eigenvalue weighted by atomic mass is 15.3. The molecule has 26 heavy (non-hydrogen) atoms. The van der Waals surface area contributed by atoms with Gasteiger partial charge >= 0.3 is 0 Å². The molecule has 3 heterocycles. The fourth-order valence-corrected chi connectivity index (χ4v) is 4.65. The zero-order valence-electron chi connectivity index (χ0n) is 15.0. The number of para-hydroxylation sites is 1. The Hall–Kier alpha value is -2.52. The number of piperazine rings is 1. The third kappa shape index (κ3) is 2.73. The molecule has 5 rings (SSSR count). The van der Waals surface area contributed by atoms with Gasteiger partial charge in [-0.15, -0.1) is 0 Å². The van der Waals surface area contributed by atoms with Crippen LogP contribution in [0.3, 0.4) is 0 Å². The first-order valence-corrected chi connectivity index (χ1v) is 9.67. The van der Waals surface area contributed by atoms with Crippen LogP contribution in [0.4, 0.5) is 5.69 Å². The van der Waals surface area contributed by atoms with E-state index in [0.717, 1.165) is 32.5 Å². The van der Waals surface area contributed by atoms with Crippen LogP contribution >= 0.6 is 0 Å². The SMILES string of the molecule is c1ccc(CCC2NCCN3c4ccccc4Cn4cccc4C23)cc1. The van der Waals surface area contributed by atoms with E-state index in [1.807, 2.05) is 0 Å². The summed E-state index contributed by atoms with van der Waals surface area (Å²) in [7, 11) is 0. The molecule has 3 nitrogen and oxygen atoms in total. The van der Waals surface area contributed by atoms with E-state index in [4.69, 9.17) is 0 Å². The highest BCUT2D eigenvalue weighted by Crippen LogP contribution is 2.38. The normalized spacial score (nSPS) is 21.5. The summed E-state index contributed by atoms with van der Waals surface area (Å²) in [6.45, 7) is 3.08. The van der Waals surface area contributed by atoms with Crippen LogP contribution in [0.15, 0.2) is 72.9 Å². The zero-order chi connectivity index (χ0) is 17.3. The molecule has 2 unspecified atom stereocenters. The van der Waals surface area contributed by atoms with Gasteiger partial charge in [0.2, 0.25) is 0 Å². The minimum atomic E-state index is 0.395. The molecule has 1 N–H and O–H groups in total. The third-order valence-corrected chi connectivity index (χ3v) is 5.87. The Morgan fingerprint density at radius 3 is 2.69 bits per heavy atom. The molecule has 3 heteroatoms. The van der Waals surface area contributed by atoms with Gasteiger partial charge in [-0.05, 0) is 42.2 Å². The Balaban J connectivity index is 1.50. The molecule has 2 aromatic carbocycles. The third-order valence-electron chi connectivity index (χ3n) is 5.87. The first-order chi connectivity index (χ1) is 12.9. The van der Waals surface area contributed by atoms with Gasteiger partial charge in [-0.25, -0.2) is 0 Å². The summed E-state index contributed by atoms with van der Waals surface area (Å²) in [6, 6.07) is 25.2. The van der Waals surface area contributed by atoms with Gasteiger partial charge in [0.25, 0.3) is 0 Å². The average molecular weight is 343 g/mol. The van der Waals surface area contributed by atoms with Crippen LogP contribution in [-0.4, -0.2) is 23.7 Å². The number of anilines is 1. The predicted octanol–water partition coefficient (Wildman–Crippen LogP) is 4.00. The predicted molar refractivity (Wildman–Crippen MR) is 107 cm³/mol. The molecule has 1 saturated heterocycles. The molecule has 0 spiro atoms. The van der Waals surface area contributed by atoms with Crippen LogP contribution < -0.4 is 10.2 Å². The molecule has 2 atom stereocenters. The summed E-state index contributed by atoms with van der Waals surface area (Å²) in [5.41, 5.74) is 5.70. The Morgan fingerprint density at radius 1 is 0.923 bits per heavy atom. The summed E-state index contributed by atoms with van der Waals surface area (Å²) in [6.07, 6.45) is 4.50. The fourth-order valence-electron chi connectivity index (χ4n) is 4.65. The van der Waals surface area contributed by atoms with Gasteiger partial charge in [0.15, 0.2) is 0 Å². The van der Waals surface area contributed by atoms with Crippen molar-refractivity contribution in [3.8, 4) is 0 Å². The quantitative estimate of drug-likeness (QED) is 0.776. The zero-order valence-corrected chi connectivity index (χ0v) is 15.0. The van der Waals surface area contributed by atoms with Crippen LogP contribution in [0.25, 0.3) is 0 Å². The largest absolute Gasteiger partial charge is 0.360 e. The Bertz CT molecular complexity index is 883. The number of rotatable bonds is 3. The van der Waals surface area contributed by atoms with E-state index < -0.39 is 0 Å². The van der Waals surface area contributed by atoms with Gasteiger partial charge in [0, 0.05) is 43.3 Å². The maximum Gasteiger partial charge on any atom is 0.0847 e. The Morgan fingerprint density at radius 2 is 1.77 bits per heavy atom. The number of hydrogen-bond donors (Lipinski definition) is 1. The van der Waals surface area contributed by atoms with Crippen molar-refractivity contribution in [2.45, 2.75) is 31.5 Å². The topological polar surface area (TPSA) is 20.2 Å². The maximum absolute atomic E-state index is 3.82. The molecule has 0 radical (unpaired) electrons. The molecule has 2 aliphatic rings. The Kier molecular flexibility index (Phi) is 4.02. The average Bonchev–Trinajstić information content (AvgIpc) is 3.10. The second kappa shape index (κ2) is 6.65. The first-order valence-electron chi connectivity index (χ1n) is 9.67. The van der Waals surface area contributed by atoms with Crippen molar-refractivity contribution < 1.29 is 0 Å². The van der Waals surface area contributed by atoms with Crippen molar-refractivity contribution in [3.63, 3.8) is 0 Å². The minimum absolute atomic E-state index is 0.395. The number of hydrogen-bond acceptors (Lipinski definition) is 2. The number of fused-ring (bicyclic) bond motifs is 5. The van der Waals surface area contributed by atoms with Gasteiger partial charge < -0.3 is 14.8 Å². The van der Waals surface area contributed by atoms with Crippen molar-refractivity contribution in [1.29, 1.82) is 0 Å². The summed E-state index contributed by atoms with van der Waals surface area (Å²) < 4.78 is 2.44. The van der Waals surface area contributed by atoms with E-state index in [-0.39, 0.29) is 0 Å². The van der Waals surface area contributed by atoms with Crippen molar-refractivity contribution >= 4 is 5.69 Å². The maximum atomic E-state index is 3.82. The van der Waals surface area contributed by atoms with Crippen LogP contribution in [0, 0.1) is 0 Å². The summed E-state index contributed by atoms with van der Waals surface area (Å²) in [5.74, 6) is 0. The van der Waals surface area contributed by atoms with E-state index in [1.165, 1.54) is 22.5 Å². The van der Waals surface area contributed by atoms with Crippen LogP contribution in [0.5, 0.6) is 0 Å². The van der Waals surface area contributed by atoms with E-state index in [9.17, 15) is 0 Å². The van der Waals surface area contributed by atoms with Gasteiger partial charge in [-0.1, -0.05) is 48.5 Å². The van der Waals surface area contributed by atoms with E-state index >= 15 is 0 Å². The summed E-state index contributed by atoms with van der Waals surface area (Å²) in [4.78, 5) is 2.64. The molecule has 0 saturated carbocycles. The molecule has 0 aliphatic carbocycles. The highest BCUT2D eigenvalue weighted by molar-refractivity contribution is 5.57. The number of aromatic nitrogens is 1. The number of nitrogens with one attached hydrogen (secondary N) is 1. The smallest absolute Gasteiger partial charge is 0.0847 e. The van der Waals surface area contributed by atoms with Gasteiger partial charge in [-0.2, -0.15) is 0 Å². The molecule has 132 valence electrons. The van der Waals surface area contributed by atoms with Crippen molar-refractivity contribution in [2.75, 3.05) is 18.0 Å². The van der Waals surface area contributed by atoms with Crippen LogP contribution in [0.1, 0.15) is 29.3 Å². The number of aryl methyl sites for hydroxylation is 1. The molecule has 0 bridgehead atoms. The standard InChI is InChI=1S/C23H25N3/c1-2-7-18(8-3-1)12-13-20-23-22-11-6-15-25(22)17-19-9-4-5-10-21(19)26(23)16-14-24-20/h1-11,15,20,23-24H,12-14,16-17H2. The highest BCUT2D eigenvalue weighted by Gasteiger charge is 2.36. The molecule has 1 aromatic heterocycles. The molecular weight excluding hydrogens is 318 g/mol. The van der Waals surface area contributed by atoms with E-state index in [0.29, 0.717) is 12.1 Å². The van der Waals surface area contributed by atoms with E-state index in [2.05, 4.69) is 87.7 Å². The summed E-state index contributed by atoms with van der Waals surface area (Å²) >= 11 is 0. The Labute approximate surface area is 155 Å². The second-order valence-corrected chi connectivity index (χ2v) is 7.41. The van der Waals surface area contributed by atoms with Crippen molar-refractivity contribution in [1.82, 2.24) is 9.88 Å². The molecular formula is C23H25N3. The molecule has 3 aromatic rings. The lowest BCUT2D eigenvalue weighted by Crippen LogP contribution is -2.53.